The number of carbonyl (C=O) groups excluding carboxylic acids is 1. The summed E-state index contributed by atoms with van der Waals surface area (Å²) in [5.74, 6) is -0.104. The maximum absolute atomic E-state index is 10.9. The van der Waals surface area contributed by atoms with Gasteiger partial charge in [0.2, 0.25) is 5.91 Å². The molecule has 0 radical (unpaired) electrons. The molecule has 1 rings (SSSR count). The smallest absolute Gasteiger partial charge is 0.248 e. The van der Waals surface area contributed by atoms with E-state index >= 15 is 0 Å². The van der Waals surface area contributed by atoms with Crippen molar-refractivity contribution in [2.24, 2.45) is 16.8 Å². The van der Waals surface area contributed by atoms with Gasteiger partial charge in [-0.25, -0.2) is 5.43 Å². The van der Waals surface area contributed by atoms with E-state index in [0.717, 1.165) is 5.71 Å². The van der Waals surface area contributed by atoms with Crippen LogP contribution in [0.1, 0.15) is 13.3 Å². The zero-order valence-corrected chi connectivity index (χ0v) is 5.92. The molecule has 56 valence electrons. The topological polar surface area (TPSA) is 67.5 Å². The Balaban J connectivity index is 2.56. The Morgan fingerprint density at radius 1 is 1.80 bits per heavy atom. The fraction of sp³-hybridized carbons (Fsp3) is 0.667. The molecular formula is C6H11N3O. The van der Waals surface area contributed by atoms with Gasteiger partial charge in [0.1, 0.15) is 0 Å². The van der Waals surface area contributed by atoms with Gasteiger partial charge in [0.05, 0.1) is 5.92 Å². The Bertz CT molecular complexity index is 176. The zero-order chi connectivity index (χ0) is 7.56. The third kappa shape index (κ3) is 1.16. The standard InChI is InChI=1S/C6H11N3O/c1-4-5(2-3-7)6(10)9-8-4/h5H,2-3,7H2,1H3,(H,9,10). The highest BCUT2D eigenvalue weighted by Crippen LogP contribution is 2.09. The predicted molar refractivity (Wildman–Crippen MR) is 38.4 cm³/mol. The molecule has 1 unspecified atom stereocenters. The molecule has 0 saturated heterocycles. The van der Waals surface area contributed by atoms with Crippen molar-refractivity contribution in [2.75, 3.05) is 6.54 Å². The SMILES string of the molecule is CC1=NNC(=O)C1CCN. The van der Waals surface area contributed by atoms with E-state index in [1.807, 2.05) is 6.92 Å². The number of nitrogens with zero attached hydrogens (tertiary/aromatic N) is 1. The molecule has 0 aliphatic carbocycles. The van der Waals surface area contributed by atoms with Gasteiger partial charge < -0.3 is 5.73 Å². The normalized spacial score (nSPS) is 24.4. The summed E-state index contributed by atoms with van der Waals surface area (Å²) in [6.07, 6.45) is 0.696. The molecule has 0 bridgehead atoms. The minimum atomic E-state index is -0.0787. The lowest BCUT2D eigenvalue weighted by atomic mass is 10.0. The lowest BCUT2D eigenvalue weighted by Crippen LogP contribution is -2.24. The quantitative estimate of drug-likeness (QED) is 0.542. The van der Waals surface area contributed by atoms with Crippen LogP contribution in [0.4, 0.5) is 0 Å². The van der Waals surface area contributed by atoms with Crippen molar-refractivity contribution in [2.45, 2.75) is 13.3 Å². The summed E-state index contributed by atoms with van der Waals surface area (Å²) in [5, 5.41) is 3.78. The predicted octanol–water partition coefficient (Wildman–Crippen LogP) is -0.543. The maximum atomic E-state index is 10.9. The van der Waals surface area contributed by atoms with Gasteiger partial charge in [-0.3, -0.25) is 4.79 Å². The van der Waals surface area contributed by atoms with Crippen molar-refractivity contribution < 1.29 is 4.79 Å². The molecule has 1 amide bonds. The Hall–Kier alpha value is -0.900. The average Bonchev–Trinajstić information content (AvgIpc) is 2.20. The Morgan fingerprint density at radius 3 is 2.90 bits per heavy atom. The summed E-state index contributed by atoms with van der Waals surface area (Å²) in [5.41, 5.74) is 8.54. The number of nitrogens with two attached hydrogens (primary N) is 1. The molecule has 0 aromatic carbocycles. The lowest BCUT2D eigenvalue weighted by Gasteiger charge is -2.03. The first-order chi connectivity index (χ1) is 4.75. The van der Waals surface area contributed by atoms with Crippen molar-refractivity contribution in [1.29, 1.82) is 0 Å². The summed E-state index contributed by atoms with van der Waals surface area (Å²) >= 11 is 0. The van der Waals surface area contributed by atoms with E-state index in [2.05, 4.69) is 10.5 Å². The van der Waals surface area contributed by atoms with Crippen LogP contribution in [0.2, 0.25) is 0 Å². The van der Waals surface area contributed by atoms with E-state index < -0.39 is 0 Å². The van der Waals surface area contributed by atoms with Gasteiger partial charge in [0.25, 0.3) is 0 Å². The second kappa shape index (κ2) is 2.79. The molecule has 10 heavy (non-hydrogen) atoms. The zero-order valence-electron chi connectivity index (χ0n) is 5.92. The van der Waals surface area contributed by atoms with Gasteiger partial charge in [-0.15, -0.1) is 0 Å². The van der Waals surface area contributed by atoms with E-state index in [0.29, 0.717) is 13.0 Å². The van der Waals surface area contributed by atoms with Crippen LogP contribution in [0.5, 0.6) is 0 Å². The third-order valence-corrected chi connectivity index (χ3v) is 1.62. The molecule has 4 heteroatoms. The van der Waals surface area contributed by atoms with Gasteiger partial charge in [-0.2, -0.15) is 5.10 Å². The maximum Gasteiger partial charge on any atom is 0.248 e. The van der Waals surface area contributed by atoms with Crippen LogP contribution < -0.4 is 11.2 Å². The minimum absolute atomic E-state index is 0.0250. The minimum Gasteiger partial charge on any atom is -0.330 e. The fourth-order valence-electron chi connectivity index (χ4n) is 0.995. The summed E-state index contributed by atoms with van der Waals surface area (Å²) in [4.78, 5) is 10.9. The monoisotopic (exact) mass is 141 g/mol. The van der Waals surface area contributed by atoms with Crippen LogP contribution in [-0.4, -0.2) is 18.2 Å². The van der Waals surface area contributed by atoms with Crippen LogP contribution >= 0.6 is 0 Å². The van der Waals surface area contributed by atoms with E-state index in [-0.39, 0.29) is 11.8 Å². The Labute approximate surface area is 59.5 Å². The molecule has 0 aromatic heterocycles. The van der Waals surface area contributed by atoms with Gasteiger partial charge in [0.15, 0.2) is 0 Å². The lowest BCUT2D eigenvalue weighted by molar-refractivity contribution is -0.122. The third-order valence-electron chi connectivity index (χ3n) is 1.62. The highest BCUT2D eigenvalue weighted by Gasteiger charge is 2.25. The molecule has 0 saturated carbocycles. The van der Waals surface area contributed by atoms with Gasteiger partial charge in [-0.05, 0) is 19.9 Å². The highest BCUT2D eigenvalue weighted by molar-refractivity contribution is 6.06. The first kappa shape index (κ1) is 7.21. The number of nitrogens with one attached hydrogen (secondary N) is 1. The fourth-order valence-corrected chi connectivity index (χ4v) is 0.995. The largest absolute Gasteiger partial charge is 0.330 e. The highest BCUT2D eigenvalue weighted by atomic mass is 16.2. The van der Waals surface area contributed by atoms with Crippen LogP contribution in [-0.2, 0) is 4.79 Å². The van der Waals surface area contributed by atoms with E-state index in [9.17, 15) is 4.79 Å². The molecule has 3 N–H and O–H groups in total. The number of hydrogen-bond acceptors (Lipinski definition) is 3. The molecule has 1 aliphatic heterocycles. The van der Waals surface area contributed by atoms with Crippen molar-refractivity contribution in [3.05, 3.63) is 0 Å². The summed E-state index contributed by atoms with van der Waals surface area (Å²) < 4.78 is 0. The second-order valence-corrected chi connectivity index (χ2v) is 2.36. The van der Waals surface area contributed by atoms with Crippen molar-refractivity contribution in [1.82, 2.24) is 5.43 Å². The molecule has 0 spiro atoms. The van der Waals surface area contributed by atoms with Gasteiger partial charge in [-0.1, -0.05) is 0 Å². The summed E-state index contributed by atoms with van der Waals surface area (Å²) in [6.45, 7) is 2.36. The molecule has 1 heterocycles. The van der Waals surface area contributed by atoms with Crippen LogP contribution in [0.3, 0.4) is 0 Å². The van der Waals surface area contributed by atoms with Crippen molar-refractivity contribution >= 4 is 11.6 Å². The molecule has 4 nitrogen and oxygen atoms in total. The van der Waals surface area contributed by atoms with E-state index in [1.54, 1.807) is 0 Å². The van der Waals surface area contributed by atoms with Crippen molar-refractivity contribution in [3.63, 3.8) is 0 Å². The number of hydrazone groups is 1. The Morgan fingerprint density at radius 2 is 2.50 bits per heavy atom. The molecular weight excluding hydrogens is 130 g/mol. The number of rotatable bonds is 2. The van der Waals surface area contributed by atoms with Crippen molar-refractivity contribution in [3.8, 4) is 0 Å². The first-order valence-electron chi connectivity index (χ1n) is 3.30. The molecule has 0 aromatic rings. The van der Waals surface area contributed by atoms with Gasteiger partial charge in [0, 0.05) is 5.71 Å². The second-order valence-electron chi connectivity index (χ2n) is 2.36. The summed E-state index contributed by atoms with van der Waals surface area (Å²) in [6, 6.07) is 0. The first-order valence-corrected chi connectivity index (χ1v) is 3.30. The van der Waals surface area contributed by atoms with E-state index in [4.69, 9.17) is 5.73 Å². The number of amides is 1. The van der Waals surface area contributed by atoms with Crippen LogP contribution in [0.25, 0.3) is 0 Å². The van der Waals surface area contributed by atoms with Gasteiger partial charge >= 0.3 is 0 Å². The number of hydrogen-bond donors (Lipinski definition) is 2. The molecule has 0 fully saturated rings. The average molecular weight is 141 g/mol. The number of carbonyl (C=O) groups is 1. The molecule has 1 aliphatic rings. The Kier molecular flexibility index (Phi) is 2.01. The van der Waals surface area contributed by atoms with E-state index in [1.165, 1.54) is 0 Å². The molecule has 1 atom stereocenters. The van der Waals surface area contributed by atoms with Crippen LogP contribution in [0, 0.1) is 5.92 Å². The van der Waals surface area contributed by atoms with Crippen LogP contribution in [0.15, 0.2) is 5.10 Å². The summed E-state index contributed by atoms with van der Waals surface area (Å²) in [7, 11) is 0.